The van der Waals surface area contributed by atoms with Gasteiger partial charge in [-0.1, -0.05) is 0 Å². The molecule has 2 rings (SSSR count). The van der Waals surface area contributed by atoms with E-state index in [1.807, 2.05) is 0 Å². The van der Waals surface area contributed by atoms with Crippen molar-refractivity contribution >= 4 is 27.6 Å². The number of amides is 1. The lowest BCUT2D eigenvalue weighted by atomic mass is 10.0. The Morgan fingerprint density at radius 3 is 2.38 bits per heavy atom. The lowest BCUT2D eigenvalue weighted by molar-refractivity contribution is -0.119. The van der Waals surface area contributed by atoms with Gasteiger partial charge >= 0.3 is 0 Å². The van der Waals surface area contributed by atoms with Crippen molar-refractivity contribution in [3.63, 3.8) is 0 Å². The molecule has 4 nitrogen and oxygen atoms in total. The van der Waals surface area contributed by atoms with E-state index in [1.54, 1.807) is 13.0 Å². The van der Waals surface area contributed by atoms with Crippen LogP contribution in [0, 0.1) is 5.82 Å². The maximum Gasteiger partial charge on any atom is 0.226 e. The third-order valence-corrected chi connectivity index (χ3v) is 3.71. The zero-order valence-corrected chi connectivity index (χ0v) is 12.7. The van der Waals surface area contributed by atoms with Crippen molar-refractivity contribution in [1.82, 2.24) is 4.98 Å². The summed E-state index contributed by atoms with van der Waals surface area (Å²) in [6.45, 7) is 1.64. The monoisotopic (exact) mass is 350 g/mol. The van der Waals surface area contributed by atoms with Gasteiger partial charge in [-0.25, -0.2) is 4.39 Å². The Kier molecular flexibility index (Phi) is 4.47. The summed E-state index contributed by atoms with van der Waals surface area (Å²) < 4.78 is 13.4. The molecule has 1 aromatic carbocycles. The molecule has 0 spiro atoms. The zero-order chi connectivity index (χ0) is 15.6. The second kappa shape index (κ2) is 6.13. The van der Waals surface area contributed by atoms with Gasteiger partial charge in [0.1, 0.15) is 5.82 Å². The Morgan fingerprint density at radius 2 is 1.86 bits per heavy atom. The number of halogens is 2. The first-order valence-corrected chi connectivity index (χ1v) is 6.94. The van der Waals surface area contributed by atoms with Gasteiger partial charge in [0, 0.05) is 21.8 Å². The molecule has 0 fully saturated rings. The molecule has 2 N–H and O–H groups in total. The maximum atomic E-state index is 12.9. The molecule has 108 valence electrons. The molecule has 0 aliphatic carbocycles. The number of benzene rings is 1. The highest BCUT2D eigenvalue weighted by Crippen LogP contribution is 2.24. The molecule has 21 heavy (non-hydrogen) atoms. The Labute approximate surface area is 129 Å². The predicted molar refractivity (Wildman–Crippen MR) is 79.4 cm³/mol. The molecule has 0 saturated heterocycles. The van der Waals surface area contributed by atoms with Crippen LogP contribution in [0.3, 0.4) is 0 Å². The summed E-state index contributed by atoms with van der Waals surface area (Å²) in [6, 6.07) is 6.84. The van der Waals surface area contributed by atoms with Crippen molar-refractivity contribution in [2.24, 2.45) is 5.73 Å². The van der Waals surface area contributed by atoms with Crippen LogP contribution in [-0.4, -0.2) is 16.7 Å². The van der Waals surface area contributed by atoms with E-state index in [4.69, 9.17) is 5.73 Å². The molecular formula is C15H12BrFN2O2. The van der Waals surface area contributed by atoms with E-state index in [-0.39, 0.29) is 5.78 Å². The van der Waals surface area contributed by atoms with Crippen LogP contribution in [0.4, 0.5) is 4.39 Å². The first kappa shape index (κ1) is 15.3. The minimum absolute atomic E-state index is 0.276. The SMILES string of the molecule is CC(C(N)=O)c1ncc(C(=O)c2ccc(F)cc2)cc1Br. The normalized spacial score (nSPS) is 12.0. The van der Waals surface area contributed by atoms with Gasteiger partial charge in [0.05, 0.1) is 11.6 Å². The Hall–Kier alpha value is -2.08. The number of nitrogens with zero attached hydrogens (tertiary/aromatic N) is 1. The van der Waals surface area contributed by atoms with Gasteiger partial charge in [-0.05, 0) is 53.2 Å². The fourth-order valence-electron chi connectivity index (χ4n) is 1.79. The van der Waals surface area contributed by atoms with Gasteiger partial charge in [0.2, 0.25) is 5.91 Å². The van der Waals surface area contributed by atoms with Crippen molar-refractivity contribution in [2.45, 2.75) is 12.8 Å². The minimum Gasteiger partial charge on any atom is -0.369 e. The highest BCUT2D eigenvalue weighted by Gasteiger charge is 2.18. The van der Waals surface area contributed by atoms with Crippen molar-refractivity contribution < 1.29 is 14.0 Å². The van der Waals surface area contributed by atoms with E-state index in [0.29, 0.717) is 21.3 Å². The summed E-state index contributed by atoms with van der Waals surface area (Å²) in [4.78, 5) is 27.6. The highest BCUT2D eigenvalue weighted by molar-refractivity contribution is 9.10. The number of carbonyl (C=O) groups is 2. The second-order valence-electron chi connectivity index (χ2n) is 4.55. The first-order valence-electron chi connectivity index (χ1n) is 6.15. The minimum atomic E-state index is -0.561. The predicted octanol–water partition coefficient (Wildman–Crippen LogP) is 2.80. The molecule has 1 heterocycles. The van der Waals surface area contributed by atoms with Gasteiger partial charge in [-0.3, -0.25) is 14.6 Å². The number of hydrogen-bond acceptors (Lipinski definition) is 3. The summed E-state index contributed by atoms with van der Waals surface area (Å²) in [7, 11) is 0. The largest absolute Gasteiger partial charge is 0.369 e. The molecule has 1 unspecified atom stereocenters. The highest BCUT2D eigenvalue weighted by atomic mass is 79.9. The molecule has 1 amide bonds. The van der Waals surface area contributed by atoms with Gasteiger partial charge < -0.3 is 5.73 Å². The fourth-order valence-corrected chi connectivity index (χ4v) is 2.49. The zero-order valence-electron chi connectivity index (χ0n) is 11.1. The van der Waals surface area contributed by atoms with Gasteiger partial charge in [-0.2, -0.15) is 0 Å². The van der Waals surface area contributed by atoms with Crippen LogP contribution < -0.4 is 5.73 Å². The summed E-state index contributed by atoms with van der Waals surface area (Å²) in [5, 5.41) is 0. The van der Waals surface area contributed by atoms with Crippen molar-refractivity contribution in [3.05, 3.63) is 63.6 Å². The molecular weight excluding hydrogens is 339 g/mol. The van der Waals surface area contributed by atoms with Crippen molar-refractivity contribution in [3.8, 4) is 0 Å². The van der Waals surface area contributed by atoms with E-state index in [2.05, 4.69) is 20.9 Å². The van der Waals surface area contributed by atoms with E-state index >= 15 is 0 Å². The molecule has 0 bridgehead atoms. The third-order valence-electron chi connectivity index (χ3n) is 3.08. The topological polar surface area (TPSA) is 73.1 Å². The number of hydrogen-bond donors (Lipinski definition) is 1. The molecule has 1 atom stereocenters. The van der Waals surface area contributed by atoms with Crippen LogP contribution in [-0.2, 0) is 4.79 Å². The summed E-state index contributed by atoms with van der Waals surface area (Å²) in [6.07, 6.45) is 1.38. The number of ketones is 1. The van der Waals surface area contributed by atoms with Crippen molar-refractivity contribution in [1.29, 1.82) is 0 Å². The summed E-state index contributed by atoms with van der Waals surface area (Å²) in [5.41, 5.74) is 6.41. The smallest absolute Gasteiger partial charge is 0.226 e. The number of rotatable bonds is 4. The average Bonchev–Trinajstić information content (AvgIpc) is 2.46. The quantitative estimate of drug-likeness (QED) is 0.861. The molecule has 0 radical (unpaired) electrons. The number of carbonyl (C=O) groups excluding carboxylic acids is 2. The van der Waals surface area contributed by atoms with Crippen LogP contribution >= 0.6 is 15.9 Å². The summed E-state index contributed by atoms with van der Waals surface area (Å²) in [5.74, 6) is -1.74. The summed E-state index contributed by atoms with van der Waals surface area (Å²) >= 11 is 3.29. The molecule has 6 heteroatoms. The lowest BCUT2D eigenvalue weighted by Crippen LogP contribution is -2.20. The van der Waals surface area contributed by atoms with Crippen molar-refractivity contribution in [2.75, 3.05) is 0 Å². The van der Waals surface area contributed by atoms with Crippen LogP contribution in [0.1, 0.15) is 34.5 Å². The first-order chi connectivity index (χ1) is 9.90. The standard InChI is InChI=1S/C15H12BrFN2O2/c1-8(15(18)21)13-12(16)6-10(7-19-13)14(20)9-2-4-11(17)5-3-9/h2-8H,1H3,(H2,18,21). The van der Waals surface area contributed by atoms with Crippen LogP contribution in [0.15, 0.2) is 41.0 Å². The van der Waals surface area contributed by atoms with E-state index in [0.717, 1.165) is 0 Å². The molecule has 0 saturated carbocycles. The molecule has 1 aromatic heterocycles. The van der Waals surface area contributed by atoms with Gasteiger partial charge in [0.15, 0.2) is 5.78 Å². The van der Waals surface area contributed by atoms with E-state index < -0.39 is 17.6 Å². The lowest BCUT2D eigenvalue weighted by Gasteiger charge is -2.10. The number of nitrogens with two attached hydrogens (primary N) is 1. The van der Waals surface area contributed by atoms with Gasteiger partial charge in [-0.15, -0.1) is 0 Å². The average molecular weight is 351 g/mol. The second-order valence-corrected chi connectivity index (χ2v) is 5.41. The Balaban J connectivity index is 2.33. The third kappa shape index (κ3) is 3.33. The number of aromatic nitrogens is 1. The van der Waals surface area contributed by atoms with E-state index in [1.165, 1.54) is 30.5 Å². The molecule has 2 aromatic rings. The maximum absolute atomic E-state index is 12.9. The van der Waals surface area contributed by atoms with Crippen LogP contribution in [0.2, 0.25) is 0 Å². The van der Waals surface area contributed by atoms with Crippen LogP contribution in [0.5, 0.6) is 0 Å². The fraction of sp³-hybridized carbons (Fsp3) is 0.133. The Morgan fingerprint density at radius 1 is 1.24 bits per heavy atom. The number of primary amides is 1. The number of pyridine rings is 1. The van der Waals surface area contributed by atoms with Gasteiger partial charge in [0.25, 0.3) is 0 Å². The molecule has 0 aliphatic heterocycles. The van der Waals surface area contributed by atoms with E-state index in [9.17, 15) is 14.0 Å². The van der Waals surface area contributed by atoms with Crippen LogP contribution in [0.25, 0.3) is 0 Å². The molecule has 0 aliphatic rings. The Bertz CT molecular complexity index is 701.